The number of ether oxygens (including phenoxy) is 1. The summed E-state index contributed by atoms with van der Waals surface area (Å²) < 4.78 is 32.0. The molecule has 240 valence electrons. The maximum absolute atomic E-state index is 12.5. The summed E-state index contributed by atoms with van der Waals surface area (Å²) in [4.78, 5) is 14.1. The normalized spacial score (nSPS) is 25.3. The number of rotatable bonds is 5. The molecular weight excluding hydrogens is 596 g/mol. The molecule has 7 rings (SSSR count). The minimum atomic E-state index is -3.95. The van der Waals surface area contributed by atoms with E-state index in [0.29, 0.717) is 12.8 Å². The highest BCUT2D eigenvalue weighted by Gasteiger charge is 2.48. The Morgan fingerprint density at radius 2 is 1.87 bits per heavy atom. The van der Waals surface area contributed by atoms with E-state index >= 15 is 0 Å². The third kappa shape index (κ3) is 4.84. The molecule has 0 bridgehead atoms. The van der Waals surface area contributed by atoms with Crippen molar-refractivity contribution in [2.24, 2.45) is 5.14 Å². The van der Waals surface area contributed by atoms with Gasteiger partial charge >= 0.3 is 5.97 Å². The Bertz CT molecular complexity index is 1970. The number of primary sulfonamides is 1. The molecule has 3 aromatic carbocycles. The molecule has 1 aliphatic carbocycles. The van der Waals surface area contributed by atoms with Crippen LogP contribution in [0.1, 0.15) is 76.0 Å². The fourth-order valence-electron chi connectivity index (χ4n) is 8.66. The highest BCUT2D eigenvalue weighted by molar-refractivity contribution is 7.89. The summed E-state index contributed by atoms with van der Waals surface area (Å²) in [6.07, 6.45) is 6.34. The van der Waals surface area contributed by atoms with Crippen molar-refractivity contribution in [2.75, 3.05) is 11.4 Å². The van der Waals surface area contributed by atoms with Crippen LogP contribution in [0.4, 0.5) is 5.69 Å². The van der Waals surface area contributed by atoms with Crippen LogP contribution in [0.25, 0.3) is 10.8 Å². The predicted octanol–water partition coefficient (Wildman–Crippen LogP) is 7.04. The molecule has 0 radical (unpaired) electrons. The number of carboxylic acid groups (broad SMARTS) is 1. The van der Waals surface area contributed by atoms with Crippen molar-refractivity contribution in [3.63, 3.8) is 0 Å². The molecule has 0 aromatic heterocycles. The first-order chi connectivity index (χ1) is 21.8. The number of benzene rings is 3. The van der Waals surface area contributed by atoms with Crippen LogP contribution in [0.3, 0.4) is 0 Å². The van der Waals surface area contributed by atoms with Crippen molar-refractivity contribution < 1.29 is 23.1 Å². The number of aryl methyl sites for hydroxylation is 1. The zero-order valence-corrected chi connectivity index (χ0v) is 27.6. The fourth-order valence-corrected chi connectivity index (χ4v) is 9.20. The van der Waals surface area contributed by atoms with Gasteiger partial charge in [0.05, 0.1) is 17.1 Å². The van der Waals surface area contributed by atoms with Crippen molar-refractivity contribution in [3.05, 3.63) is 106 Å². The summed E-state index contributed by atoms with van der Waals surface area (Å²) in [5, 5.41) is 17.6. The van der Waals surface area contributed by atoms with Gasteiger partial charge in [-0.2, -0.15) is 0 Å². The Morgan fingerprint density at radius 1 is 1.09 bits per heavy atom. The second kappa shape index (κ2) is 10.9. The Kier molecular flexibility index (Phi) is 7.34. The quantitative estimate of drug-likeness (QED) is 0.310. The summed E-state index contributed by atoms with van der Waals surface area (Å²) in [6.45, 7) is 12.3. The van der Waals surface area contributed by atoms with Crippen LogP contribution >= 0.6 is 0 Å². The highest BCUT2D eigenvalue weighted by Crippen LogP contribution is 2.56. The molecule has 3 aliphatic heterocycles. The van der Waals surface area contributed by atoms with Gasteiger partial charge in [-0.15, -0.1) is 0 Å². The summed E-state index contributed by atoms with van der Waals surface area (Å²) in [5.41, 5.74) is 7.78. The van der Waals surface area contributed by atoms with E-state index in [2.05, 4.69) is 68.1 Å². The van der Waals surface area contributed by atoms with Gasteiger partial charge in [-0.3, -0.25) is 4.79 Å². The van der Waals surface area contributed by atoms with Gasteiger partial charge in [-0.25, -0.2) is 13.6 Å². The molecule has 3 unspecified atom stereocenters. The molecule has 0 spiro atoms. The Balaban J connectivity index is 1.41. The molecule has 46 heavy (non-hydrogen) atoms. The summed E-state index contributed by atoms with van der Waals surface area (Å²) >= 11 is 0. The van der Waals surface area contributed by atoms with Crippen molar-refractivity contribution in [1.29, 1.82) is 0 Å². The first-order valence-electron chi connectivity index (χ1n) is 16.3. The second-order valence-electron chi connectivity index (χ2n) is 14.1. The molecule has 3 heterocycles. The average molecular weight is 639 g/mol. The zero-order valence-electron chi connectivity index (χ0n) is 26.8. The second-order valence-corrected chi connectivity index (χ2v) is 15.6. The lowest BCUT2D eigenvalue weighted by molar-refractivity contribution is -0.137. The number of hydrogen-bond donors (Lipinski definition) is 2. The van der Waals surface area contributed by atoms with Crippen molar-refractivity contribution in [3.8, 4) is 0 Å². The lowest BCUT2D eigenvalue weighted by atomic mass is 9.67. The van der Waals surface area contributed by atoms with Crippen LogP contribution in [0.5, 0.6) is 0 Å². The van der Waals surface area contributed by atoms with E-state index in [1.807, 2.05) is 6.07 Å². The van der Waals surface area contributed by atoms with E-state index in [4.69, 9.17) is 16.5 Å². The van der Waals surface area contributed by atoms with Crippen LogP contribution in [0.15, 0.2) is 94.6 Å². The molecule has 3 atom stereocenters. The van der Waals surface area contributed by atoms with Gasteiger partial charge in [0.15, 0.2) is 0 Å². The largest absolute Gasteiger partial charge is 0.481 e. The van der Waals surface area contributed by atoms with Gasteiger partial charge in [-0.1, -0.05) is 63.7 Å². The highest BCUT2D eigenvalue weighted by atomic mass is 32.2. The molecule has 0 amide bonds. The maximum atomic E-state index is 12.5. The number of nitrogens with two attached hydrogens (primary N) is 1. The van der Waals surface area contributed by atoms with Crippen LogP contribution < -0.4 is 10.0 Å². The molecular formula is C38H42N2O5S. The van der Waals surface area contributed by atoms with E-state index in [1.165, 1.54) is 33.3 Å². The lowest BCUT2D eigenvalue weighted by Gasteiger charge is -2.44. The number of hydrogen-bond acceptors (Lipinski definition) is 5. The number of sulfonamides is 1. The first-order valence-corrected chi connectivity index (χ1v) is 17.8. The van der Waals surface area contributed by atoms with Gasteiger partial charge in [0, 0.05) is 40.8 Å². The smallest absolute Gasteiger partial charge is 0.303 e. The molecule has 3 N–H and O–H groups in total. The van der Waals surface area contributed by atoms with Crippen LogP contribution in [0.2, 0.25) is 0 Å². The predicted molar refractivity (Wildman–Crippen MR) is 181 cm³/mol. The minimum Gasteiger partial charge on any atom is -0.481 e. The van der Waals surface area contributed by atoms with E-state index in [1.54, 1.807) is 12.1 Å². The van der Waals surface area contributed by atoms with Crippen LogP contribution in [-0.4, -0.2) is 38.2 Å². The van der Waals surface area contributed by atoms with E-state index < -0.39 is 21.4 Å². The van der Waals surface area contributed by atoms with Gasteiger partial charge in [0.25, 0.3) is 0 Å². The number of anilines is 1. The van der Waals surface area contributed by atoms with Gasteiger partial charge in [-0.05, 0) is 101 Å². The third-order valence-corrected chi connectivity index (χ3v) is 11.8. The Labute approximate surface area is 271 Å². The fraction of sp³-hybridized carbons (Fsp3) is 0.395. The molecule has 3 aromatic rings. The summed E-state index contributed by atoms with van der Waals surface area (Å²) in [6, 6.07) is 18.2. The van der Waals surface area contributed by atoms with Gasteiger partial charge < -0.3 is 14.7 Å². The number of carboxylic acids is 1. The lowest BCUT2D eigenvalue weighted by Crippen LogP contribution is -2.43. The molecule has 8 heteroatoms. The molecule has 0 saturated heterocycles. The van der Waals surface area contributed by atoms with E-state index in [0.717, 1.165) is 54.5 Å². The Morgan fingerprint density at radius 3 is 2.63 bits per heavy atom. The third-order valence-electron chi connectivity index (χ3n) is 10.9. The minimum absolute atomic E-state index is 0.0127. The Hall–Kier alpha value is -3.72. The number of carbonyl (C=O) groups is 1. The van der Waals surface area contributed by atoms with Gasteiger partial charge in [0.2, 0.25) is 10.0 Å². The van der Waals surface area contributed by atoms with Crippen LogP contribution in [0, 0.1) is 0 Å². The SMILES string of the molecule is C=C1C2=CC3=C4N(CCC3OC2CCCc2ccc(S(N)(=O)=O)cc2C1(C)CCCC(=O)O)c1ccc2ccccc2c1C4(C)C. The topological polar surface area (TPSA) is 110 Å². The van der Waals surface area contributed by atoms with E-state index in [-0.39, 0.29) is 28.9 Å². The number of nitrogens with zero attached hydrogens (tertiary/aromatic N) is 1. The summed E-state index contributed by atoms with van der Waals surface area (Å²) in [5.74, 6) is -0.860. The number of fused-ring (bicyclic) bond motifs is 8. The molecule has 0 saturated carbocycles. The molecule has 0 fully saturated rings. The van der Waals surface area contributed by atoms with Crippen molar-refractivity contribution in [2.45, 2.75) is 93.7 Å². The maximum Gasteiger partial charge on any atom is 0.303 e. The summed E-state index contributed by atoms with van der Waals surface area (Å²) in [7, 11) is -3.95. The number of aliphatic carboxylic acids is 1. The molecule has 4 aliphatic rings. The molecule has 7 nitrogen and oxygen atoms in total. The van der Waals surface area contributed by atoms with Crippen molar-refractivity contribution >= 4 is 32.5 Å². The monoisotopic (exact) mass is 638 g/mol. The number of allylic oxidation sites excluding steroid dienone is 1. The zero-order chi connectivity index (χ0) is 32.6. The van der Waals surface area contributed by atoms with E-state index in [9.17, 15) is 18.3 Å². The van der Waals surface area contributed by atoms with Gasteiger partial charge in [0.1, 0.15) is 0 Å². The standard InChI is InChI=1S/C38H42N2O5S/c1-23-28-22-29-33(18-20-40-31-17-15-24-9-5-6-11-27(24)35(31)37(2,3)36(29)40)45-32(28)12-7-10-25-14-16-26(46(39,43)44)21-30(25)38(23,4)19-8-13-34(41)42/h5-6,9,11,14-17,21-22,32-33H,1,7-8,10,12-13,18-20H2,2-4H3,(H,41,42)(H2,39,43,44). The van der Waals surface area contributed by atoms with Crippen LogP contribution in [-0.2, 0) is 36.8 Å². The average Bonchev–Trinajstić information content (AvgIpc) is 3.27. The van der Waals surface area contributed by atoms with Crippen molar-refractivity contribution in [1.82, 2.24) is 0 Å². The first kappa shape index (κ1) is 30.9.